The van der Waals surface area contributed by atoms with Gasteiger partial charge < -0.3 is 10.2 Å². The number of amides is 1. The Kier molecular flexibility index (Phi) is 5.64. The second-order valence-corrected chi connectivity index (χ2v) is 8.20. The zero-order valence-corrected chi connectivity index (χ0v) is 14.7. The molecule has 1 amide bonds. The lowest BCUT2D eigenvalue weighted by Gasteiger charge is -2.36. The highest BCUT2D eigenvalue weighted by atomic mass is 32.2. The van der Waals surface area contributed by atoms with Gasteiger partial charge >= 0.3 is 0 Å². The second-order valence-electron chi connectivity index (χ2n) is 6.22. The third-order valence-electron chi connectivity index (χ3n) is 4.05. The van der Waals surface area contributed by atoms with Gasteiger partial charge in [-0.05, 0) is 18.1 Å². The smallest absolute Gasteiger partial charge is 0.245 e. The maximum Gasteiger partial charge on any atom is 0.245 e. The van der Waals surface area contributed by atoms with Gasteiger partial charge in [-0.2, -0.15) is 4.31 Å². The van der Waals surface area contributed by atoms with Crippen LogP contribution in [0.1, 0.15) is 13.8 Å². The number of sulfonamides is 1. The summed E-state index contributed by atoms with van der Waals surface area (Å²) in [5.41, 5.74) is 0.911. The largest absolute Gasteiger partial charge is 0.373 e. The molecule has 1 atom stereocenters. The number of benzene rings is 1. The topological polar surface area (TPSA) is 69.7 Å². The Hall–Kier alpha value is -1.60. The van der Waals surface area contributed by atoms with Crippen molar-refractivity contribution >= 4 is 21.6 Å². The van der Waals surface area contributed by atoms with E-state index >= 15 is 0 Å². The fraction of sp³-hybridized carbons (Fsp3) is 0.562. The van der Waals surface area contributed by atoms with Crippen molar-refractivity contribution in [1.29, 1.82) is 0 Å². The molecule has 0 bridgehead atoms. The molecular weight excluding hydrogens is 314 g/mol. The number of nitrogens with one attached hydrogen (secondary N) is 1. The van der Waals surface area contributed by atoms with Crippen LogP contribution >= 0.6 is 0 Å². The summed E-state index contributed by atoms with van der Waals surface area (Å²) in [4.78, 5) is 14.5. The quantitative estimate of drug-likeness (QED) is 0.876. The number of piperazine rings is 1. The Morgan fingerprint density at radius 3 is 2.13 bits per heavy atom. The standard InChI is InChI=1S/C16H25N3O3S/c1-13(2)15(17-14-7-5-4-6-8-14)16(20)18-9-11-19(12-10-18)23(3,21)22/h4-8,13,15,17H,9-12H2,1-3H3/t15-/m0/s1. The summed E-state index contributed by atoms with van der Waals surface area (Å²) in [6.07, 6.45) is 1.21. The Balaban J connectivity index is 2.02. The predicted molar refractivity (Wildman–Crippen MR) is 91.7 cm³/mol. The molecule has 2 rings (SSSR count). The van der Waals surface area contributed by atoms with Gasteiger partial charge in [0.15, 0.2) is 0 Å². The molecule has 7 heteroatoms. The summed E-state index contributed by atoms with van der Waals surface area (Å²) in [6, 6.07) is 9.34. The van der Waals surface area contributed by atoms with Crippen molar-refractivity contribution in [1.82, 2.24) is 9.21 Å². The maximum atomic E-state index is 12.8. The average molecular weight is 339 g/mol. The van der Waals surface area contributed by atoms with Crippen molar-refractivity contribution in [3.05, 3.63) is 30.3 Å². The van der Waals surface area contributed by atoms with Gasteiger partial charge in [0.25, 0.3) is 0 Å². The highest BCUT2D eigenvalue weighted by Gasteiger charge is 2.31. The molecule has 128 valence electrons. The summed E-state index contributed by atoms with van der Waals surface area (Å²) in [5, 5.41) is 3.29. The first kappa shape index (κ1) is 17.7. The first-order valence-electron chi connectivity index (χ1n) is 7.84. The molecule has 1 aromatic rings. The van der Waals surface area contributed by atoms with Crippen molar-refractivity contribution < 1.29 is 13.2 Å². The highest BCUT2D eigenvalue weighted by molar-refractivity contribution is 7.88. The fourth-order valence-corrected chi connectivity index (χ4v) is 3.49. The molecule has 1 heterocycles. The van der Waals surface area contributed by atoms with E-state index in [9.17, 15) is 13.2 Å². The van der Waals surface area contributed by atoms with Gasteiger partial charge in [0, 0.05) is 31.9 Å². The van der Waals surface area contributed by atoms with Gasteiger partial charge in [-0.3, -0.25) is 4.79 Å². The van der Waals surface area contributed by atoms with Crippen molar-refractivity contribution in [3.63, 3.8) is 0 Å². The molecular formula is C16H25N3O3S. The molecule has 0 aliphatic carbocycles. The zero-order chi connectivity index (χ0) is 17.0. The molecule has 23 heavy (non-hydrogen) atoms. The van der Waals surface area contributed by atoms with E-state index < -0.39 is 10.0 Å². The van der Waals surface area contributed by atoms with Crippen LogP contribution in [-0.4, -0.2) is 62.0 Å². The normalized spacial score (nSPS) is 18.0. The van der Waals surface area contributed by atoms with E-state index in [0.717, 1.165) is 5.69 Å². The van der Waals surface area contributed by atoms with E-state index in [1.807, 2.05) is 44.2 Å². The molecule has 6 nitrogen and oxygen atoms in total. The van der Waals surface area contributed by atoms with Crippen LogP contribution in [0, 0.1) is 5.92 Å². The van der Waals surface area contributed by atoms with Crippen LogP contribution in [0.2, 0.25) is 0 Å². The number of anilines is 1. The summed E-state index contributed by atoms with van der Waals surface area (Å²) >= 11 is 0. The molecule has 0 spiro atoms. The number of carbonyl (C=O) groups is 1. The number of rotatable bonds is 5. The van der Waals surface area contributed by atoms with Crippen LogP contribution in [0.15, 0.2) is 30.3 Å². The van der Waals surface area contributed by atoms with Crippen LogP contribution in [0.3, 0.4) is 0 Å². The minimum Gasteiger partial charge on any atom is -0.373 e. The van der Waals surface area contributed by atoms with Gasteiger partial charge in [-0.25, -0.2) is 8.42 Å². The average Bonchev–Trinajstić information content (AvgIpc) is 2.52. The molecule has 1 aliphatic heterocycles. The fourth-order valence-electron chi connectivity index (χ4n) is 2.66. The number of hydrogen-bond acceptors (Lipinski definition) is 4. The van der Waals surface area contributed by atoms with Crippen LogP contribution in [0.25, 0.3) is 0 Å². The minimum atomic E-state index is -3.18. The Bertz CT molecular complexity index is 623. The van der Waals surface area contributed by atoms with E-state index in [1.54, 1.807) is 4.90 Å². The summed E-state index contributed by atoms with van der Waals surface area (Å²) < 4.78 is 24.5. The van der Waals surface area contributed by atoms with Gasteiger partial charge in [-0.1, -0.05) is 32.0 Å². The van der Waals surface area contributed by atoms with Crippen molar-refractivity contribution in [2.24, 2.45) is 5.92 Å². The Morgan fingerprint density at radius 1 is 1.09 bits per heavy atom. The van der Waals surface area contributed by atoms with E-state index in [-0.39, 0.29) is 17.9 Å². The third-order valence-corrected chi connectivity index (χ3v) is 5.35. The van der Waals surface area contributed by atoms with Gasteiger partial charge in [-0.15, -0.1) is 0 Å². The molecule has 0 radical (unpaired) electrons. The van der Waals surface area contributed by atoms with Crippen LogP contribution in [0.4, 0.5) is 5.69 Å². The maximum absolute atomic E-state index is 12.8. The third kappa shape index (κ3) is 4.68. The van der Waals surface area contributed by atoms with E-state index in [4.69, 9.17) is 0 Å². The molecule has 1 aliphatic rings. The molecule has 1 aromatic carbocycles. The highest BCUT2D eigenvalue weighted by Crippen LogP contribution is 2.16. The zero-order valence-electron chi connectivity index (χ0n) is 13.9. The first-order valence-corrected chi connectivity index (χ1v) is 9.69. The molecule has 1 N–H and O–H groups in total. The lowest BCUT2D eigenvalue weighted by atomic mass is 10.0. The summed E-state index contributed by atoms with van der Waals surface area (Å²) in [5.74, 6) is 0.160. The summed E-state index contributed by atoms with van der Waals surface area (Å²) in [7, 11) is -3.18. The first-order chi connectivity index (χ1) is 10.8. The number of para-hydroxylation sites is 1. The number of carbonyl (C=O) groups excluding carboxylic acids is 1. The molecule has 0 unspecified atom stereocenters. The van der Waals surface area contributed by atoms with E-state index in [2.05, 4.69) is 5.32 Å². The van der Waals surface area contributed by atoms with Crippen molar-refractivity contribution in [3.8, 4) is 0 Å². The van der Waals surface area contributed by atoms with Gasteiger partial charge in [0.05, 0.1) is 6.26 Å². The minimum absolute atomic E-state index is 0.0250. The molecule has 0 aromatic heterocycles. The monoisotopic (exact) mass is 339 g/mol. The lowest BCUT2D eigenvalue weighted by Crippen LogP contribution is -2.54. The van der Waals surface area contributed by atoms with Gasteiger partial charge in [0.2, 0.25) is 15.9 Å². The summed E-state index contributed by atoms with van der Waals surface area (Å²) in [6.45, 7) is 5.61. The van der Waals surface area contributed by atoms with E-state index in [0.29, 0.717) is 26.2 Å². The predicted octanol–water partition coefficient (Wildman–Crippen LogP) is 1.23. The number of nitrogens with zero attached hydrogens (tertiary/aromatic N) is 2. The van der Waals surface area contributed by atoms with Crippen molar-refractivity contribution in [2.45, 2.75) is 19.9 Å². The van der Waals surface area contributed by atoms with Crippen LogP contribution in [-0.2, 0) is 14.8 Å². The Morgan fingerprint density at radius 2 is 1.65 bits per heavy atom. The molecule has 0 saturated carbocycles. The van der Waals surface area contributed by atoms with Crippen molar-refractivity contribution in [2.75, 3.05) is 37.8 Å². The van der Waals surface area contributed by atoms with Crippen LogP contribution in [0.5, 0.6) is 0 Å². The Labute approximate surface area is 138 Å². The van der Waals surface area contributed by atoms with E-state index in [1.165, 1.54) is 10.6 Å². The SMILES string of the molecule is CC(C)[C@H](Nc1ccccc1)C(=O)N1CCN(S(C)(=O)=O)CC1. The lowest BCUT2D eigenvalue weighted by molar-refractivity contribution is -0.134. The molecule has 1 fully saturated rings. The van der Waals surface area contributed by atoms with Crippen LogP contribution < -0.4 is 5.32 Å². The second kappa shape index (κ2) is 7.31. The van der Waals surface area contributed by atoms with Gasteiger partial charge in [0.1, 0.15) is 6.04 Å². The molecule has 1 saturated heterocycles. The number of hydrogen-bond donors (Lipinski definition) is 1.